The number of rotatable bonds is 6. The zero-order valence-corrected chi connectivity index (χ0v) is 20.9. The van der Waals surface area contributed by atoms with Gasteiger partial charge in [-0.25, -0.2) is 0 Å². The van der Waals surface area contributed by atoms with E-state index in [0.29, 0.717) is 12.1 Å². The van der Waals surface area contributed by atoms with Crippen molar-refractivity contribution >= 4 is 34.6 Å². The molecule has 1 atom stereocenters. The number of nitrogens with one attached hydrogen (secondary N) is 2. The fraction of sp³-hybridized carbons (Fsp3) is 0.292. The van der Waals surface area contributed by atoms with Gasteiger partial charge in [-0.15, -0.1) is 0 Å². The van der Waals surface area contributed by atoms with E-state index in [9.17, 15) is 49.1 Å². The number of benzene rings is 1. The highest BCUT2D eigenvalue weighted by Crippen LogP contribution is 2.50. The number of nitrogens with zero attached hydrogens (tertiary/aromatic N) is 2. The molecule has 2 aromatic heterocycles. The number of pyridine rings is 1. The largest absolute Gasteiger partial charge is 0.435 e. The van der Waals surface area contributed by atoms with Gasteiger partial charge >= 0.3 is 18.5 Å². The number of alkyl halides is 9. The maximum atomic E-state index is 14.4. The smallest absolute Gasteiger partial charge is 0.374 e. The molecular formula is C24H16ClF9N4O3. The van der Waals surface area contributed by atoms with Crippen molar-refractivity contribution in [3.8, 4) is 0 Å². The average Bonchev–Trinajstić information content (AvgIpc) is 3.52. The molecule has 2 N–H and O–H groups in total. The molecular weight excluding hydrogens is 599 g/mol. The Balaban J connectivity index is 1.62. The summed E-state index contributed by atoms with van der Waals surface area (Å²) in [6.45, 7) is -2.40. The molecule has 1 aliphatic rings. The zero-order chi connectivity index (χ0) is 30.4. The van der Waals surface area contributed by atoms with Gasteiger partial charge in [0.1, 0.15) is 12.3 Å². The van der Waals surface area contributed by atoms with Gasteiger partial charge in [0, 0.05) is 16.8 Å². The molecule has 0 bridgehead atoms. The molecule has 1 unspecified atom stereocenters. The monoisotopic (exact) mass is 614 g/mol. The van der Waals surface area contributed by atoms with Gasteiger partial charge in [-0.1, -0.05) is 16.8 Å². The van der Waals surface area contributed by atoms with Gasteiger partial charge in [0.25, 0.3) is 11.5 Å². The SMILES string of the molecule is O=C(CNC(=O)c1ccc(C2=NOC(c3cc(Cl)cc(C(F)(F)F)c3)(C(F)(F)F)C2)n2cccc12)NCC(F)(F)F. The van der Waals surface area contributed by atoms with E-state index in [-0.39, 0.29) is 28.6 Å². The van der Waals surface area contributed by atoms with Crippen LogP contribution in [0.2, 0.25) is 5.02 Å². The fourth-order valence-corrected chi connectivity index (χ4v) is 4.35. The van der Waals surface area contributed by atoms with Gasteiger partial charge in [0.05, 0.1) is 35.3 Å². The quantitative estimate of drug-likeness (QED) is 0.355. The van der Waals surface area contributed by atoms with Crippen molar-refractivity contribution in [3.63, 3.8) is 0 Å². The lowest BCUT2D eigenvalue weighted by Gasteiger charge is -2.30. The first-order valence-electron chi connectivity index (χ1n) is 11.3. The fourth-order valence-electron chi connectivity index (χ4n) is 4.11. The first-order chi connectivity index (χ1) is 18.9. The minimum Gasteiger partial charge on any atom is -0.374 e. The number of amides is 2. The molecule has 0 spiro atoms. The number of carbonyl (C=O) groups excluding carboxylic acids is 2. The molecule has 2 amide bonds. The molecule has 3 aromatic rings. The van der Waals surface area contributed by atoms with Crippen LogP contribution in [0.1, 0.15) is 33.6 Å². The summed E-state index contributed by atoms with van der Waals surface area (Å²) in [5, 5.41) is 6.65. The summed E-state index contributed by atoms with van der Waals surface area (Å²) in [5.41, 5.74) is -5.96. The van der Waals surface area contributed by atoms with Crippen LogP contribution in [0.5, 0.6) is 0 Å². The van der Waals surface area contributed by atoms with Crippen LogP contribution < -0.4 is 10.6 Å². The first kappa shape index (κ1) is 30.0. The van der Waals surface area contributed by atoms with E-state index in [0.717, 1.165) is 0 Å². The number of halogens is 10. The number of oxime groups is 1. The normalized spacial score (nSPS) is 17.8. The summed E-state index contributed by atoms with van der Waals surface area (Å²) in [6, 6.07) is 6.63. The molecule has 7 nitrogen and oxygen atoms in total. The molecule has 0 fully saturated rings. The van der Waals surface area contributed by atoms with E-state index in [2.05, 4.69) is 10.5 Å². The highest BCUT2D eigenvalue weighted by atomic mass is 35.5. The number of hydrogen-bond acceptors (Lipinski definition) is 4. The molecule has 0 aliphatic carbocycles. The molecule has 0 saturated carbocycles. The van der Waals surface area contributed by atoms with Crippen LogP contribution in [0.25, 0.3) is 5.52 Å². The van der Waals surface area contributed by atoms with Crippen LogP contribution >= 0.6 is 11.6 Å². The summed E-state index contributed by atoms with van der Waals surface area (Å²) in [5.74, 6) is -2.00. The third-order valence-corrected chi connectivity index (χ3v) is 6.22. The molecule has 1 aromatic carbocycles. The number of fused-ring (bicyclic) bond motifs is 1. The maximum Gasteiger partial charge on any atom is 0.435 e. The summed E-state index contributed by atoms with van der Waals surface area (Å²) >= 11 is 5.72. The van der Waals surface area contributed by atoms with E-state index >= 15 is 0 Å². The van der Waals surface area contributed by atoms with Gasteiger partial charge in [-0.2, -0.15) is 39.5 Å². The van der Waals surface area contributed by atoms with E-state index in [1.807, 2.05) is 0 Å². The van der Waals surface area contributed by atoms with Crippen molar-refractivity contribution in [2.75, 3.05) is 13.1 Å². The Labute approximate surface area is 228 Å². The Morgan fingerprint density at radius 1 is 1.00 bits per heavy atom. The molecule has 0 saturated heterocycles. The van der Waals surface area contributed by atoms with Crippen molar-refractivity contribution in [3.05, 3.63) is 76.1 Å². The van der Waals surface area contributed by atoms with Gasteiger partial charge < -0.3 is 19.9 Å². The van der Waals surface area contributed by atoms with Crippen LogP contribution in [0.4, 0.5) is 39.5 Å². The first-order valence-corrected chi connectivity index (χ1v) is 11.7. The molecule has 4 rings (SSSR count). The third-order valence-electron chi connectivity index (χ3n) is 6.01. The van der Waals surface area contributed by atoms with Crippen molar-refractivity contribution in [2.45, 2.75) is 30.6 Å². The van der Waals surface area contributed by atoms with Crippen molar-refractivity contribution in [2.24, 2.45) is 5.16 Å². The average molecular weight is 615 g/mol. The van der Waals surface area contributed by atoms with E-state index < -0.39 is 71.6 Å². The lowest BCUT2D eigenvalue weighted by molar-refractivity contribution is -0.276. The molecule has 3 heterocycles. The molecule has 0 radical (unpaired) electrons. The zero-order valence-electron chi connectivity index (χ0n) is 20.1. The topological polar surface area (TPSA) is 84.2 Å². The predicted octanol–water partition coefficient (Wildman–Crippen LogP) is 5.60. The Hall–Kier alpha value is -3.95. The summed E-state index contributed by atoms with van der Waals surface area (Å²) in [6.07, 6.45) is -14.6. The Bertz CT molecular complexity index is 1530. The van der Waals surface area contributed by atoms with Crippen LogP contribution in [-0.4, -0.2) is 47.4 Å². The van der Waals surface area contributed by atoms with Crippen LogP contribution in [0.3, 0.4) is 0 Å². The second-order valence-electron chi connectivity index (χ2n) is 8.83. The van der Waals surface area contributed by atoms with E-state index in [1.54, 1.807) is 5.32 Å². The number of carbonyl (C=O) groups is 2. The summed E-state index contributed by atoms with van der Waals surface area (Å²) < 4.78 is 121. The Morgan fingerprint density at radius 2 is 1.71 bits per heavy atom. The van der Waals surface area contributed by atoms with Crippen molar-refractivity contribution in [1.82, 2.24) is 15.0 Å². The van der Waals surface area contributed by atoms with Gasteiger partial charge in [-0.3, -0.25) is 9.59 Å². The molecule has 41 heavy (non-hydrogen) atoms. The predicted molar refractivity (Wildman–Crippen MR) is 125 cm³/mol. The number of hydrogen-bond donors (Lipinski definition) is 2. The minimum atomic E-state index is -5.24. The van der Waals surface area contributed by atoms with Gasteiger partial charge in [0.2, 0.25) is 5.91 Å². The molecule has 17 heteroatoms. The second-order valence-corrected chi connectivity index (χ2v) is 9.26. The summed E-state index contributed by atoms with van der Waals surface area (Å²) in [4.78, 5) is 29.0. The maximum absolute atomic E-state index is 14.4. The third kappa shape index (κ3) is 6.21. The highest BCUT2D eigenvalue weighted by molar-refractivity contribution is 6.30. The minimum absolute atomic E-state index is 0.00586. The van der Waals surface area contributed by atoms with Gasteiger partial charge in [-0.05, 0) is 42.5 Å². The molecule has 1 aliphatic heterocycles. The van der Waals surface area contributed by atoms with E-state index in [4.69, 9.17) is 16.4 Å². The van der Waals surface area contributed by atoms with Crippen molar-refractivity contribution in [1.29, 1.82) is 0 Å². The lowest BCUT2D eigenvalue weighted by atomic mass is 9.86. The van der Waals surface area contributed by atoms with Crippen LogP contribution in [0, 0.1) is 0 Å². The van der Waals surface area contributed by atoms with Gasteiger partial charge in [0.15, 0.2) is 0 Å². The Kier molecular flexibility index (Phi) is 7.66. The Morgan fingerprint density at radius 3 is 2.34 bits per heavy atom. The second kappa shape index (κ2) is 10.5. The standard InChI is InChI=1S/C24H16ClF9N4O3/c25-14-7-12(6-13(8-14)23(29,30)31)21(24(32,33)34)9-16(37-41-21)18-4-3-15(17-2-1-5-38(17)18)20(40)35-10-19(39)36-11-22(26,27)28/h1-8H,9-11H2,(H,35,40)(H,36,39). The van der Waals surface area contributed by atoms with Crippen molar-refractivity contribution < 1.29 is 53.9 Å². The highest BCUT2D eigenvalue weighted by Gasteiger charge is 2.63. The van der Waals surface area contributed by atoms with E-state index in [1.165, 1.54) is 34.9 Å². The summed E-state index contributed by atoms with van der Waals surface area (Å²) in [7, 11) is 0. The van der Waals surface area contributed by atoms with Crippen LogP contribution in [0.15, 0.2) is 53.8 Å². The molecule has 220 valence electrons. The van der Waals surface area contributed by atoms with Crippen LogP contribution in [-0.2, 0) is 21.4 Å². The lowest BCUT2D eigenvalue weighted by Crippen LogP contribution is -2.43. The number of aromatic nitrogens is 1.